The maximum atomic E-state index is 12.9. The summed E-state index contributed by atoms with van der Waals surface area (Å²) in [6, 6.07) is -1.61. The number of carbonyl (C=O) groups is 2. The molecular formula is C29H49NO23. The van der Waals surface area contributed by atoms with Crippen molar-refractivity contribution in [1.29, 1.82) is 0 Å². The second-order valence-electron chi connectivity index (χ2n) is 13.3. The van der Waals surface area contributed by atoms with Gasteiger partial charge >= 0.3 is 5.97 Å². The van der Waals surface area contributed by atoms with Crippen LogP contribution in [0.5, 0.6) is 0 Å². The maximum absolute atomic E-state index is 12.9. The number of hydrogen-bond acceptors (Lipinski definition) is 22. The van der Waals surface area contributed by atoms with E-state index in [4.69, 9.17) is 33.2 Å². The number of carbonyl (C=O) groups excluding carboxylic acids is 1. The highest BCUT2D eigenvalue weighted by atomic mass is 16.8. The molecule has 0 saturated carbocycles. The Hall–Kier alpha value is -1.86. The molecule has 0 aromatic carbocycles. The van der Waals surface area contributed by atoms with Gasteiger partial charge in [-0.3, -0.25) is 4.79 Å². The number of nitrogens with one attached hydrogen (secondary N) is 1. The number of carboxylic acid groups (broad SMARTS) is 1. The standard InChI is InChI=1S/C29H49NO23/c1-7-14(37)18(41)19(42)26(47-7)50-21-12(6-33)49-27(51-22-13(30-8(2)34)25(44)48-11(5-32)17(22)40)20(43)24(21)53-29(28(45)46)3-9(35)15(38)23(52-29)16(39)10(36)4-31/h7,9-27,31-33,35-44H,3-6H2,1-2H3,(H,30,34)(H,45,46)/t7-,9+,10-,11-,12-,13-,14+,15-,16-,17-,18+,19-,20-,21+,22-,23-,24-,25?,26-,27+,29+/m1/s1. The lowest BCUT2D eigenvalue weighted by Crippen LogP contribution is -2.71. The summed E-state index contributed by atoms with van der Waals surface area (Å²) in [6.07, 6.45) is -38.0. The minimum Gasteiger partial charge on any atom is -0.477 e. The van der Waals surface area contributed by atoms with E-state index >= 15 is 0 Å². The van der Waals surface area contributed by atoms with Gasteiger partial charge in [-0.05, 0) is 6.92 Å². The van der Waals surface area contributed by atoms with Crippen molar-refractivity contribution >= 4 is 11.9 Å². The van der Waals surface area contributed by atoms with Crippen molar-refractivity contribution in [1.82, 2.24) is 5.32 Å². The van der Waals surface area contributed by atoms with Gasteiger partial charge in [0.1, 0.15) is 91.5 Å². The molecule has 0 aliphatic carbocycles. The highest BCUT2D eigenvalue weighted by Gasteiger charge is 2.61. The Morgan fingerprint density at radius 2 is 1.38 bits per heavy atom. The molecule has 4 rings (SSSR count). The molecule has 21 atom stereocenters. The number of aliphatic hydroxyl groups is 13. The molecule has 53 heavy (non-hydrogen) atoms. The maximum Gasteiger partial charge on any atom is 0.364 e. The molecule has 1 unspecified atom stereocenters. The van der Waals surface area contributed by atoms with Crippen molar-refractivity contribution < 1.29 is 114 Å². The molecule has 4 aliphatic heterocycles. The normalized spacial score (nSPS) is 47.8. The molecule has 0 spiro atoms. The molecule has 4 fully saturated rings. The number of ether oxygens (including phenoxy) is 7. The molecule has 4 saturated heterocycles. The molecule has 4 heterocycles. The van der Waals surface area contributed by atoms with Crippen LogP contribution in [-0.4, -0.2) is 232 Å². The summed E-state index contributed by atoms with van der Waals surface area (Å²) in [5, 5.41) is 149. The topological polar surface area (TPSA) is 394 Å². The molecule has 0 bridgehead atoms. The van der Waals surface area contributed by atoms with Crippen LogP contribution in [0.3, 0.4) is 0 Å². The van der Waals surface area contributed by atoms with Gasteiger partial charge in [0.05, 0.1) is 32.0 Å². The fourth-order valence-corrected chi connectivity index (χ4v) is 6.56. The predicted molar refractivity (Wildman–Crippen MR) is 161 cm³/mol. The number of aliphatic carboxylic acids is 1. The zero-order valence-electron chi connectivity index (χ0n) is 28.3. The van der Waals surface area contributed by atoms with E-state index in [9.17, 15) is 81.1 Å². The molecule has 24 nitrogen and oxygen atoms in total. The Labute approximate surface area is 300 Å². The minimum atomic E-state index is -3.18. The summed E-state index contributed by atoms with van der Waals surface area (Å²) >= 11 is 0. The van der Waals surface area contributed by atoms with Gasteiger partial charge in [0.25, 0.3) is 5.79 Å². The van der Waals surface area contributed by atoms with Crippen molar-refractivity contribution in [3.05, 3.63) is 0 Å². The van der Waals surface area contributed by atoms with Gasteiger partial charge in [-0.2, -0.15) is 0 Å². The van der Waals surface area contributed by atoms with Crippen LogP contribution in [0.1, 0.15) is 20.3 Å². The number of hydrogen-bond donors (Lipinski definition) is 15. The summed E-state index contributed by atoms with van der Waals surface area (Å²) in [6.45, 7) is -0.746. The van der Waals surface area contributed by atoms with E-state index in [0.29, 0.717) is 0 Å². The Morgan fingerprint density at radius 3 is 1.94 bits per heavy atom. The second kappa shape index (κ2) is 17.9. The smallest absolute Gasteiger partial charge is 0.364 e. The van der Waals surface area contributed by atoms with Crippen molar-refractivity contribution in [3.8, 4) is 0 Å². The van der Waals surface area contributed by atoms with E-state index in [2.05, 4.69) is 5.32 Å². The lowest BCUT2D eigenvalue weighted by Gasteiger charge is -2.51. The van der Waals surface area contributed by atoms with Crippen LogP contribution in [0.2, 0.25) is 0 Å². The van der Waals surface area contributed by atoms with Gasteiger partial charge in [0.2, 0.25) is 5.91 Å². The number of rotatable bonds is 13. The Kier molecular flexibility index (Phi) is 14.9. The minimum absolute atomic E-state index is 0.761. The molecule has 0 radical (unpaired) electrons. The first-order valence-electron chi connectivity index (χ1n) is 16.6. The van der Waals surface area contributed by atoms with Gasteiger partial charge in [-0.25, -0.2) is 4.79 Å². The molecule has 1 amide bonds. The van der Waals surface area contributed by atoms with Crippen LogP contribution >= 0.6 is 0 Å². The summed E-state index contributed by atoms with van der Waals surface area (Å²) in [7, 11) is 0. The monoisotopic (exact) mass is 779 g/mol. The first-order chi connectivity index (χ1) is 24.8. The Morgan fingerprint density at radius 1 is 0.774 bits per heavy atom. The van der Waals surface area contributed by atoms with Gasteiger partial charge in [0, 0.05) is 13.3 Å². The summed E-state index contributed by atoms with van der Waals surface area (Å²) in [5.41, 5.74) is 0. The molecule has 0 aromatic rings. The Bertz CT molecular complexity index is 1220. The number of carboxylic acids is 1. The third-order valence-corrected chi connectivity index (χ3v) is 9.53. The van der Waals surface area contributed by atoms with Crippen LogP contribution < -0.4 is 5.32 Å². The fourth-order valence-electron chi connectivity index (χ4n) is 6.56. The molecule has 4 aliphatic rings. The van der Waals surface area contributed by atoms with Crippen molar-refractivity contribution in [2.24, 2.45) is 0 Å². The fraction of sp³-hybridized carbons (Fsp3) is 0.931. The third kappa shape index (κ3) is 9.08. The number of amides is 1. The van der Waals surface area contributed by atoms with Crippen LogP contribution in [-0.2, 0) is 42.7 Å². The Balaban J connectivity index is 1.77. The van der Waals surface area contributed by atoms with Crippen molar-refractivity contribution in [2.75, 3.05) is 19.8 Å². The van der Waals surface area contributed by atoms with E-state index in [0.717, 1.165) is 6.92 Å². The van der Waals surface area contributed by atoms with Crippen LogP contribution in [0.15, 0.2) is 0 Å². The van der Waals surface area contributed by atoms with E-state index in [-0.39, 0.29) is 0 Å². The molecule has 24 heteroatoms. The highest BCUT2D eigenvalue weighted by Crippen LogP contribution is 2.39. The lowest BCUT2D eigenvalue weighted by molar-refractivity contribution is -0.403. The van der Waals surface area contributed by atoms with Gasteiger partial charge in [-0.1, -0.05) is 0 Å². The summed E-state index contributed by atoms with van der Waals surface area (Å²) < 4.78 is 39.2. The largest absolute Gasteiger partial charge is 0.477 e. The molecular weight excluding hydrogens is 730 g/mol. The van der Waals surface area contributed by atoms with E-state index in [1.54, 1.807) is 0 Å². The van der Waals surface area contributed by atoms with Gasteiger partial charge in [-0.15, -0.1) is 0 Å². The quantitative estimate of drug-likeness (QED) is 0.0825. The summed E-state index contributed by atoms with van der Waals surface area (Å²) in [4.78, 5) is 24.9. The van der Waals surface area contributed by atoms with Gasteiger partial charge in [0.15, 0.2) is 18.9 Å². The summed E-state index contributed by atoms with van der Waals surface area (Å²) in [5.74, 6) is -6.00. The van der Waals surface area contributed by atoms with E-state index < -0.39 is 166 Å². The molecule has 308 valence electrons. The predicted octanol–water partition coefficient (Wildman–Crippen LogP) is -9.37. The first-order valence-corrected chi connectivity index (χ1v) is 16.6. The average Bonchev–Trinajstić information content (AvgIpc) is 3.11. The average molecular weight is 780 g/mol. The third-order valence-electron chi connectivity index (χ3n) is 9.53. The van der Waals surface area contributed by atoms with Crippen molar-refractivity contribution in [3.63, 3.8) is 0 Å². The molecule has 0 aromatic heterocycles. The zero-order chi connectivity index (χ0) is 39.7. The van der Waals surface area contributed by atoms with Crippen LogP contribution in [0.4, 0.5) is 0 Å². The van der Waals surface area contributed by atoms with Crippen molar-refractivity contribution in [2.45, 2.75) is 149 Å². The zero-order valence-corrected chi connectivity index (χ0v) is 28.3. The van der Waals surface area contributed by atoms with Gasteiger partial charge < -0.3 is 110 Å². The van der Waals surface area contributed by atoms with E-state index in [1.165, 1.54) is 6.92 Å². The van der Waals surface area contributed by atoms with Crippen LogP contribution in [0, 0.1) is 0 Å². The SMILES string of the molecule is CC(=O)N[C@H]1C(O)O[C@H](CO)[C@@H](O)[C@@H]1O[C@@H]1O[C@H](CO)[C@H](O[C@H]2O[C@H](C)[C@H](O)[C@H](O)[C@H]2O)[C@H](O[C@]2(C(=O)O)C[C@H](O)[C@@H](O)[C@H]([C@H](O)[C@H](O)CO)O2)[C@H]1O. The second-order valence-corrected chi connectivity index (χ2v) is 13.3. The number of aliphatic hydroxyl groups excluding tert-OH is 13. The van der Waals surface area contributed by atoms with Crippen LogP contribution in [0.25, 0.3) is 0 Å². The first kappa shape index (κ1) is 43.9. The highest BCUT2D eigenvalue weighted by molar-refractivity contribution is 5.76. The van der Waals surface area contributed by atoms with E-state index in [1.807, 2.05) is 0 Å². The lowest BCUT2D eigenvalue weighted by atomic mass is 9.90. The molecule has 15 N–H and O–H groups in total.